The Morgan fingerprint density at radius 1 is 1.06 bits per heavy atom. The molecule has 1 heterocycles. The second kappa shape index (κ2) is 11.5. The minimum Gasteiger partial charge on any atom is -0.497 e. The summed E-state index contributed by atoms with van der Waals surface area (Å²) in [6, 6.07) is 15.4. The first-order valence-electron chi connectivity index (χ1n) is 11.1. The van der Waals surface area contributed by atoms with Crippen molar-refractivity contribution in [3.05, 3.63) is 54.1 Å². The smallest absolute Gasteiger partial charge is 0.236 e. The van der Waals surface area contributed by atoms with Crippen molar-refractivity contribution in [1.29, 1.82) is 0 Å². The zero-order valence-corrected chi connectivity index (χ0v) is 19.7. The topological polar surface area (TPSA) is 87.9 Å². The molecule has 0 aliphatic carbocycles. The van der Waals surface area contributed by atoms with E-state index >= 15 is 0 Å². The molecule has 7 heteroatoms. The van der Waals surface area contributed by atoms with Gasteiger partial charge < -0.3 is 19.9 Å². The zero-order valence-electron chi connectivity index (χ0n) is 18.9. The lowest BCUT2D eigenvalue weighted by Crippen LogP contribution is -2.51. The summed E-state index contributed by atoms with van der Waals surface area (Å²) in [5.74, 6) is 1.57. The molecule has 1 aliphatic rings. The van der Waals surface area contributed by atoms with Crippen LogP contribution in [0, 0.1) is 0 Å². The van der Waals surface area contributed by atoms with Gasteiger partial charge in [-0.25, -0.2) is 0 Å². The fourth-order valence-electron chi connectivity index (χ4n) is 3.95. The third-order valence-corrected chi connectivity index (χ3v) is 8.15. The van der Waals surface area contributed by atoms with Gasteiger partial charge in [-0.05, 0) is 80.0 Å². The summed E-state index contributed by atoms with van der Waals surface area (Å²) in [5, 5.41) is 0. The third kappa shape index (κ3) is 5.90. The first-order chi connectivity index (χ1) is 15.5. The van der Waals surface area contributed by atoms with Gasteiger partial charge in [-0.15, -0.1) is 0 Å². The number of nitrogens with two attached hydrogens (primary N) is 1. The van der Waals surface area contributed by atoms with Crippen LogP contribution in [0.2, 0.25) is 0 Å². The van der Waals surface area contributed by atoms with E-state index < -0.39 is 21.5 Å². The molecule has 1 amide bonds. The number of amides is 1. The maximum atomic E-state index is 13.1. The van der Waals surface area contributed by atoms with Crippen molar-refractivity contribution in [1.82, 2.24) is 0 Å². The summed E-state index contributed by atoms with van der Waals surface area (Å²) < 4.78 is 28.4. The van der Waals surface area contributed by atoms with E-state index in [1.54, 1.807) is 31.4 Å². The lowest BCUT2D eigenvalue weighted by molar-refractivity contribution is -0.122. The van der Waals surface area contributed by atoms with Crippen LogP contribution in [0.5, 0.6) is 11.5 Å². The molecule has 1 fully saturated rings. The highest BCUT2D eigenvalue weighted by Gasteiger charge is 2.45. The Hall–Kier alpha value is -2.38. The second-order valence-electron chi connectivity index (χ2n) is 8.23. The Kier molecular flexibility index (Phi) is 8.70. The molecule has 2 aromatic rings. The molecule has 3 rings (SSSR count). The number of rotatable bonds is 11. The monoisotopic (exact) mass is 459 g/mol. The fourth-order valence-corrected chi connectivity index (χ4v) is 5.51. The van der Waals surface area contributed by atoms with E-state index in [1.165, 1.54) is 5.56 Å². The van der Waals surface area contributed by atoms with Gasteiger partial charge in [0.15, 0.2) is 0 Å². The van der Waals surface area contributed by atoms with Crippen LogP contribution in [-0.2, 0) is 20.3 Å². The molecule has 1 saturated heterocycles. The van der Waals surface area contributed by atoms with E-state index in [0.717, 1.165) is 30.8 Å². The van der Waals surface area contributed by atoms with Crippen molar-refractivity contribution in [2.24, 2.45) is 5.73 Å². The number of hydrogen-bond donors (Lipinski definition) is 1. The number of benzene rings is 2. The molecule has 2 atom stereocenters. The molecular weight excluding hydrogens is 426 g/mol. The lowest BCUT2D eigenvalue weighted by Gasteiger charge is -2.33. The maximum Gasteiger partial charge on any atom is 0.236 e. The average molecular weight is 460 g/mol. The van der Waals surface area contributed by atoms with Crippen molar-refractivity contribution >= 4 is 16.7 Å². The van der Waals surface area contributed by atoms with Crippen LogP contribution in [0.3, 0.4) is 0 Å². The van der Waals surface area contributed by atoms with Gasteiger partial charge >= 0.3 is 0 Å². The fraction of sp³-hybridized carbons (Fsp3) is 0.480. The molecule has 0 saturated carbocycles. The highest BCUT2D eigenvalue weighted by atomic mass is 32.2. The van der Waals surface area contributed by atoms with Gasteiger partial charge in [0.2, 0.25) is 5.91 Å². The molecular formula is C25H33NO5S. The van der Waals surface area contributed by atoms with Crippen molar-refractivity contribution in [2.45, 2.75) is 54.6 Å². The van der Waals surface area contributed by atoms with E-state index in [4.69, 9.17) is 19.9 Å². The summed E-state index contributed by atoms with van der Waals surface area (Å²) in [7, 11) is 0.156. The van der Waals surface area contributed by atoms with Gasteiger partial charge in [0, 0.05) is 18.1 Å². The molecule has 0 bridgehead atoms. The number of ether oxygens (including phenoxy) is 3. The normalized spacial score (nSPS) is 17.3. The molecule has 2 N–H and O–H groups in total. The minimum absolute atomic E-state index is 0.377. The maximum absolute atomic E-state index is 13.1. The van der Waals surface area contributed by atoms with Crippen molar-refractivity contribution < 1.29 is 23.2 Å². The van der Waals surface area contributed by atoms with E-state index in [2.05, 4.69) is 19.1 Å². The Balaban J connectivity index is 1.44. The molecule has 2 unspecified atom stereocenters. The molecule has 6 nitrogen and oxygen atoms in total. The largest absolute Gasteiger partial charge is 0.497 e. The highest BCUT2D eigenvalue weighted by Crippen LogP contribution is 2.32. The number of carbonyl (C=O) groups is 1. The second-order valence-corrected chi connectivity index (χ2v) is 10.0. The Morgan fingerprint density at radius 2 is 1.69 bits per heavy atom. The summed E-state index contributed by atoms with van der Waals surface area (Å²) >= 11 is 0. The standard InChI is InChI=1S/C25H33NO5S/c1-19(20-6-8-21(29-2)9-7-20)5-3-4-16-31-22-10-12-23(13-11-22)32(28)25(24(26)27)14-17-30-18-15-25/h6-13,19H,3-5,14-18H2,1-2H3,(H2,26,27). The van der Waals surface area contributed by atoms with E-state index in [-0.39, 0.29) is 0 Å². The number of methoxy groups -OCH3 is 1. The Bertz CT molecular complexity index is 892. The zero-order chi connectivity index (χ0) is 23.0. The number of primary amides is 1. The van der Waals surface area contributed by atoms with Gasteiger partial charge in [-0.3, -0.25) is 9.00 Å². The predicted octanol–water partition coefficient (Wildman–Crippen LogP) is 4.19. The van der Waals surface area contributed by atoms with E-state index in [1.807, 2.05) is 12.1 Å². The van der Waals surface area contributed by atoms with Crippen LogP contribution in [0.25, 0.3) is 0 Å². The molecule has 174 valence electrons. The SMILES string of the molecule is COc1ccc(C(C)CCCCOc2ccc(S(=O)C3(C(N)=O)CCOCC3)cc2)cc1. The summed E-state index contributed by atoms with van der Waals surface area (Å²) in [6.45, 7) is 3.65. The quantitative estimate of drug-likeness (QED) is 0.509. The predicted molar refractivity (Wildman–Crippen MR) is 126 cm³/mol. The lowest BCUT2D eigenvalue weighted by atomic mass is 9.95. The highest BCUT2D eigenvalue weighted by molar-refractivity contribution is 7.87. The van der Waals surface area contributed by atoms with Crippen LogP contribution < -0.4 is 15.2 Å². The van der Waals surface area contributed by atoms with E-state index in [0.29, 0.717) is 43.5 Å². The molecule has 1 aliphatic heterocycles. The van der Waals surface area contributed by atoms with Gasteiger partial charge in [-0.2, -0.15) is 0 Å². The van der Waals surface area contributed by atoms with Crippen LogP contribution >= 0.6 is 0 Å². The van der Waals surface area contributed by atoms with E-state index in [9.17, 15) is 9.00 Å². The van der Waals surface area contributed by atoms with Crippen molar-refractivity contribution in [2.75, 3.05) is 26.9 Å². The average Bonchev–Trinajstić information content (AvgIpc) is 2.84. The number of hydrogen-bond acceptors (Lipinski definition) is 5. The summed E-state index contributed by atoms with van der Waals surface area (Å²) in [4.78, 5) is 12.7. The van der Waals surface area contributed by atoms with Crippen LogP contribution in [0.4, 0.5) is 0 Å². The van der Waals surface area contributed by atoms with Crippen LogP contribution in [0.15, 0.2) is 53.4 Å². The van der Waals surface area contributed by atoms with Crippen LogP contribution in [0.1, 0.15) is 50.5 Å². The minimum atomic E-state index is -1.52. The van der Waals surface area contributed by atoms with Crippen molar-refractivity contribution in [3.63, 3.8) is 0 Å². The van der Waals surface area contributed by atoms with Gasteiger partial charge in [-0.1, -0.05) is 19.1 Å². The molecule has 2 aromatic carbocycles. The Labute approximate surface area is 192 Å². The van der Waals surface area contributed by atoms with Gasteiger partial charge in [0.25, 0.3) is 0 Å². The first-order valence-corrected chi connectivity index (χ1v) is 12.3. The van der Waals surface area contributed by atoms with Gasteiger partial charge in [0.05, 0.1) is 24.5 Å². The summed E-state index contributed by atoms with van der Waals surface area (Å²) in [6.07, 6.45) is 3.87. The number of carbonyl (C=O) groups excluding carboxylic acids is 1. The molecule has 0 radical (unpaired) electrons. The van der Waals surface area contributed by atoms with Crippen LogP contribution in [-0.4, -0.2) is 41.8 Å². The molecule has 32 heavy (non-hydrogen) atoms. The number of unbranched alkanes of at least 4 members (excludes halogenated alkanes) is 1. The third-order valence-electron chi connectivity index (χ3n) is 6.13. The molecule has 0 aromatic heterocycles. The molecule has 0 spiro atoms. The van der Waals surface area contributed by atoms with Crippen molar-refractivity contribution in [3.8, 4) is 11.5 Å². The first kappa shape index (κ1) is 24.3. The van der Waals surface area contributed by atoms with Gasteiger partial charge in [0.1, 0.15) is 16.2 Å². The summed E-state index contributed by atoms with van der Waals surface area (Å²) in [5.41, 5.74) is 6.93. The Morgan fingerprint density at radius 3 is 2.28 bits per heavy atom.